The number of aromatic nitrogens is 1. The van der Waals surface area contributed by atoms with Crippen LogP contribution in [0.3, 0.4) is 0 Å². The molecule has 0 aliphatic carbocycles. The van der Waals surface area contributed by atoms with Gasteiger partial charge in [-0.2, -0.15) is 0 Å². The Morgan fingerprint density at radius 1 is 1.11 bits per heavy atom. The Hall–Kier alpha value is -4.64. The number of nitrogens with zero attached hydrogens (tertiary/aromatic N) is 3. The minimum atomic E-state index is -1.13. The summed E-state index contributed by atoms with van der Waals surface area (Å²) < 4.78 is 19.3. The molecule has 1 saturated heterocycles. The van der Waals surface area contributed by atoms with Crippen LogP contribution in [0.15, 0.2) is 72.3 Å². The number of anilines is 1. The quantitative estimate of drug-likeness (QED) is 0.133. The van der Waals surface area contributed by atoms with Crippen molar-refractivity contribution in [1.29, 1.82) is 0 Å². The van der Waals surface area contributed by atoms with E-state index in [1.807, 2.05) is 0 Å². The summed E-state index contributed by atoms with van der Waals surface area (Å²) in [7, 11) is 1.48. The van der Waals surface area contributed by atoms with Crippen molar-refractivity contribution >= 4 is 49.8 Å². The van der Waals surface area contributed by atoms with E-state index in [1.54, 1.807) is 12.1 Å². The van der Waals surface area contributed by atoms with E-state index in [1.165, 1.54) is 61.7 Å². The fourth-order valence-electron chi connectivity index (χ4n) is 4.02. The summed E-state index contributed by atoms with van der Waals surface area (Å²) >= 11 is 1.01. The number of amides is 1. The minimum absolute atomic E-state index is 0.120. The van der Waals surface area contributed by atoms with Gasteiger partial charge >= 0.3 is 5.91 Å². The van der Waals surface area contributed by atoms with E-state index in [-0.39, 0.29) is 22.0 Å². The van der Waals surface area contributed by atoms with E-state index in [2.05, 4.69) is 4.98 Å². The molecular formula is C25H16FN3O6S. The molecule has 1 aliphatic heterocycles. The third kappa shape index (κ3) is 3.85. The lowest BCUT2D eigenvalue weighted by atomic mass is 9.95. The summed E-state index contributed by atoms with van der Waals surface area (Å²) in [6.07, 6.45) is 0. The maximum atomic E-state index is 13.8. The first-order valence-corrected chi connectivity index (χ1v) is 11.4. The lowest BCUT2D eigenvalue weighted by Crippen LogP contribution is -2.29. The number of rotatable bonds is 5. The zero-order valence-electron chi connectivity index (χ0n) is 18.5. The van der Waals surface area contributed by atoms with Gasteiger partial charge in [-0.05, 0) is 60.2 Å². The molecule has 36 heavy (non-hydrogen) atoms. The Kier molecular flexibility index (Phi) is 5.69. The van der Waals surface area contributed by atoms with Crippen molar-refractivity contribution < 1.29 is 28.7 Å². The van der Waals surface area contributed by atoms with E-state index in [0.717, 1.165) is 16.2 Å². The molecule has 0 saturated carbocycles. The van der Waals surface area contributed by atoms with Crippen LogP contribution in [0.1, 0.15) is 17.2 Å². The predicted octanol–water partition coefficient (Wildman–Crippen LogP) is 4.98. The lowest BCUT2D eigenvalue weighted by Gasteiger charge is -2.22. The van der Waals surface area contributed by atoms with Gasteiger partial charge < -0.3 is 9.84 Å². The molecule has 11 heteroatoms. The molecule has 1 aromatic heterocycles. The fourth-order valence-corrected chi connectivity index (χ4v) is 5.03. The van der Waals surface area contributed by atoms with E-state index in [4.69, 9.17) is 4.74 Å². The number of hydrogen-bond donors (Lipinski definition) is 1. The predicted molar refractivity (Wildman–Crippen MR) is 130 cm³/mol. The van der Waals surface area contributed by atoms with Crippen LogP contribution in [-0.2, 0) is 9.59 Å². The van der Waals surface area contributed by atoms with Gasteiger partial charge in [0.2, 0.25) is 0 Å². The molecule has 1 amide bonds. The summed E-state index contributed by atoms with van der Waals surface area (Å²) in [6, 6.07) is 14.4. The number of thiazole rings is 1. The molecule has 1 fully saturated rings. The molecule has 4 aromatic rings. The van der Waals surface area contributed by atoms with Crippen molar-refractivity contribution in [3.05, 3.63) is 99.4 Å². The number of aliphatic hydroxyl groups excluding tert-OH is 1. The Morgan fingerprint density at radius 3 is 2.44 bits per heavy atom. The standard InChI is InChI=1S/C25H16FN3O6S/c1-35-17-9-4-14(5-10-17)22(30)20-21(13-2-7-16(8-3-13)29(33)34)28(24(32)23(20)31)25-27-18-11-6-15(26)12-19(18)36-25/h2-12,21,30H,1H3/t21-/m1/s1. The molecule has 2 heterocycles. The molecule has 9 nitrogen and oxygen atoms in total. The van der Waals surface area contributed by atoms with Crippen molar-refractivity contribution in [2.45, 2.75) is 6.04 Å². The number of fused-ring (bicyclic) bond motifs is 1. The summed E-state index contributed by atoms with van der Waals surface area (Å²) in [6.45, 7) is 0. The van der Waals surface area contributed by atoms with Crippen molar-refractivity contribution in [2.24, 2.45) is 0 Å². The fraction of sp³-hybridized carbons (Fsp3) is 0.0800. The molecule has 0 spiro atoms. The number of carbonyl (C=O) groups excluding carboxylic acids is 2. The first-order valence-electron chi connectivity index (χ1n) is 10.5. The molecule has 1 atom stereocenters. The van der Waals surface area contributed by atoms with Gasteiger partial charge in [0.25, 0.3) is 11.5 Å². The maximum Gasteiger partial charge on any atom is 0.301 e. The van der Waals surface area contributed by atoms with Gasteiger partial charge in [-0.1, -0.05) is 11.3 Å². The second kappa shape index (κ2) is 8.86. The third-order valence-corrected chi connectivity index (χ3v) is 6.79. The van der Waals surface area contributed by atoms with Crippen molar-refractivity contribution in [3.8, 4) is 5.75 Å². The molecule has 0 radical (unpaired) electrons. The van der Waals surface area contributed by atoms with E-state index < -0.39 is 34.2 Å². The molecule has 1 aliphatic rings. The molecular weight excluding hydrogens is 489 g/mol. The van der Waals surface area contributed by atoms with Gasteiger partial charge in [-0.25, -0.2) is 9.37 Å². The number of benzene rings is 3. The number of methoxy groups -OCH3 is 1. The second-order valence-electron chi connectivity index (χ2n) is 7.85. The van der Waals surface area contributed by atoms with Gasteiger partial charge in [0.1, 0.15) is 17.3 Å². The van der Waals surface area contributed by atoms with Crippen LogP contribution in [0.4, 0.5) is 15.2 Å². The number of Topliss-reactive ketones (excluding diaryl/α,β-unsaturated/α-hetero) is 1. The van der Waals surface area contributed by atoms with Gasteiger partial charge in [0.15, 0.2) is 5.13 Å². The van der Waals surface area contributed by atoms with Gasteiger partial charge in [-0.3, -0.25) is 24.6 Å². The van der Waals surface area contributed by atoms with Crippen LogP contribution in [0.25, 0.3) is 16.0 Å². The third-order valence-electron chi connectivity index (χ3n) is 5.77. The first kappa shape index (κ1) is 23.1. The van der Waals surface area contributed by atoms with Crippen LogP contribution in [-0.4, -0.2) is 33.8 Å². The van der Waals surface area contributed by atoms with Gasteiger partial charge in [-0.15, -0.1) is 0 Å². The highest BCUT2D eigenvalue weighted by Gasteiger charge is 2.48. The van der Waals surface area contributed by atoms with E-state index >= 15 is 0 Å². The number of nitro groups is 1. The molecule has 0 unspecified atom stereocenters. The zero-order valence-corrected chi connectivity index (χ0v) is 19.4. The van der Waals surface area contributed by atoms with Crippen molar-refractivity contribution in [3.63, 3.8) is 0 Å². The molecule has 0 bridgehead atoms. The van der Waals surface area contributed by atoms with Gasteiger partial charge in [0, 0.05) is 17.7 Å². The maximum absolute atomic E-state index is 13.8. The summed E-state index contributed by atoms with van der Waals surface area (Å²) in [4.78, 5) is 42.6. The highest BCUT2D eigenvalue weighted by Crippen LogP contribution is 2.44. The summed E-state index contributed by atoms with van der Waals surface area (Å²) in [5.41, 5.74) is 0.661. The van der Waals surface area contributed by atoms with Gasteiger partial charge in [0.05, 0.1) is 33.9 Å². The molecule has 1 N–H and O–H groups in total. The minimum Gasteiger partial charge on any atom is -0.507 e. The molecule has 5 rings (SSSR count). The lowest BCUT2D eigenvalue weighted by molar-refractivity contribution is -0.384. The summed E-state index contributed by atoms with van der Waals surface area (Å²) in [5.74, 6) is -2.26. The monoisotopic (exact) mass is 505 g/mol. The number of hydrogen-bond acceptors (Lipinski definition) is 8. The van der Waals surface area contributed by atoms with E-state index in [0.29, 0.717) is 21.5 Å². The SMILES string of the molecule is COc1ccc(C(O)=C2C(=O)C(=O)N(c3nc4ccc(F)cc4s3)[C@@H]2c2ccc([N+](=O)[O-])cc2)cc1. The zero-order chi connectivity index (χ0) is 25.6. The molecule has 3 aromatic carbocycles. The summed E-state index contributed by atoms with van der Waals surface area (Å²) in [5, 5.41) is 22.4. The van der Waals surface area contributed by atoms with Crippen molar-refractivity contribution in [1.82, 2.24) is 4.98 Å². The number of carbonyl (C=O) groups is 2. The number of halogens is 1. The first-order chi connectivity index (χ1) is 17.3. The average molecular weight is 505 g/mol. The highest BCUT2D eigenvalue weighted by atomic mass is 32.1. The largest absolute Gasteiger partial charge is 0.507 e. The van der Waals surface area contributed by atoms with Crippen LogP contribution in [0.5, 0.6) is 5.75 Å². The van der Waals surface area contributed by atoms with E-state index in [9.17, 15) is 29.2 Å². The number of ether oxygens (including phenoxy) is 1. The Bertz CT molecular complexity index is 1560. The Morgan fingerprint density at radius 2 is 1.81 bits per heavy atom. The smallest absolute Gasteiger partial charge is 0.301 e. The molecule has 180 valence electrons. The number of nitro benzene ring substituents is 1. The normalized spacial score (nSPS) is 17.1. The van der Waals surface area contributed by atoms with Crippen LogP contribution >= 0.6 is 11.3 Å². The number of aliphatic hydroxyl groups is 1. The van der Waals surface area contributed by atoms with Crippen LogP contribution in [0.2, 0.25) is 0 Å². The second-order valence-corrected chi connectivity index (χ2v) is 8.86. The average Bonchev–Trinajstić information content (AvgIpc) is 3.41. The van der Waals surface area contributed by atoms with Crippen molar-refractivity contribution in [2.75, 3.05) is 12.0 Å². The van der Waals surface area contributed by atoms with Crippen LogP contribution < -0.4 is 9.64 Å². The number of non-ortho nitro benzene ring substituents is 1. The Balaban J connectivity index is 1.70. The Labute approximate surface area is 206 Å². The number of ketones is 1. The van der Waals surface area contributed by atoms with Crippen LogP contribution in [0, 0.1) is 15.9 Å². The highest BCUT2D eigenvalue weighted by molar-refractivity contribution is 7.22. The topological polar surface area (TPSA) is 123 Å².